The standard InChI is InChI=1S/C17H21N3O/c1-2-9-20(13-7-8-13)17(21)15(18)10-12-11-19-16-6-4-3-5-14(12)16/h2-6,11,13,15,19H,1,7-10,18H2/t15-/m1/s1. The lowest BCUT2D eigenvalue weighted by molar-refractivity contribution is -0.132. The highest BCUT2D eigenvalue weighted by molar-refractivity contribution is 5.86. The van der Waals surface area contributed by atoms with Crippen LogP contribution in [0, 0.1) is 0 Å². The zero-order valence-electron chi connectivity index (χ0n) is 12.1. The highest BCUT2D eigenvalue weighted by Crippen LogP contribution is 2.27. The van der Waals surface area contributed by atoms with Gasteiger partial charge in [0.1, 0.15) is 0 Å². The third kappa shape index (κ3) is 2.85. The van der Waals surface area contributed by atoms with Gasteiger partial charge in [-0.3, -0.25) is 4.79 Å². The molecule has 0 aliphatic heterocycles. The Morgan fingerprint density at radius 2 is 2.24 bits per heavy atom. The predicted molar refractivity (Wildman–Crippen MR) is 84.9 cm³/mol. The highest BCUT2D eigenvalue weighted by Gasteiger charge is 2.34. The molecule has 0 saturated heterocycles. The van der Waals surface area contributed by atoms with Gasteiger partial charge >= 0.3 is 0 Å². The van der Waals surface area contributed by atoms with Gasteiger partial charge in [-0.25, -0.2) is 0 Å². The number of carbonyl (C=O) groups excluding carboxylic acids is 1. The second-order valence-electron chi connectivity index (χ2n) is 5.68. The maximum absolute atomic E-state index is 12.5. The van der Waals surface area contributed by atoms with Gasteiger partial charge in [0.15, 0.2) is 0 Å². The Hall–Kier alpha value is -2.07. The Bertz CT molecular complexity index is 657. The number of rotatable bonds is 6. The third-order valence-corrected chi connectivity index (χ3v) is 4.03. The van der Waals surface area contributed by atoms with E-state index in [1.54, 1.807) is 6.08 Å². The van der Waals surface area contributed by atoms with Crippen LogP contribution >= 0.6 is 0 Å². The molecule has 0 bridgehead atoms. The molecule has 4 heteroatoms. The number of nitrogens with one attached hydrogen (secondary N) is 1. The quantitative estimate of drug-likeness (QED) is 0.798. The number of para-hydroxylation sites is 1. The van der Waals surface area contributed by atoms with Crippen molar-refractivity contribution in [1.82, 2.24) is 9.88 Å². The van der Waals surface area contributed by atoms with Crippen LogP contribution in [-0.4, -0.2) is 34.4 Å². The first-order valence-corrected chi connectivity index (χ1v) is 7.42. The highest BCUT2D eigenvalue weighted by atomic mass is 16.2. The summed E-state index contributed by atoms with van der Waals surface area (Å²) in [5, 5.41) is 1.14. The van der Waals surface area contributed by atoms with Gasteiger partial charge in [-0.1, -0.05) is 24.3 Å². The average molecular weight is 283 g/mol. The van der Waals surface area contributed by atoms with Crippen molar-refractivity contribution in [2.24, 2.45) is 5.73 Å². The zero-order valence-corrected chi connectivity index (χ0v) is 12.1. The van der Waals surface area contributed by atoms with Crippen molar-refractivity contribution < 1.29 is 4.79 Å². The fourth-order valence-corrected chi connectivity index (χ4v) is 2.78. The summed E-state index contributed by atoms with van der Waals surface area (Å²) in [5.41, 5.74) is 8.34. The van der Waals surface area contributed by atoms with Crippen LogP contribution in [0.15, 0.2) is 43.1 Å². The van der Waals surface area contributed by atoms with Gasteiger partial charge in [0.05, 0.1) is 6.04 Å². The normalized spacial score (nSPS) is 15.9. The lowest BCUT2D eigenvalue weighted by Gasteiger charge is -2.24. The molecular formula is C17H21N3O. The SMILES string of the molecule is C=CCN(C(=O)[C@H](N)Cc1c[nH]c2ccccc12)C1CC1. The predicted octanol–water partition coefficient (Wildman–Crippen LogP) is 2.21. The number of aromatic amines is 1. The van der Waals surface area contributed by atoms with Crippen molar-refractivity contribution in [2.45, 2.75) is 31.3 Å². The molecule has 3 N–H and O–H groups in total. The molecule has 0 unspecified atom stereocenters. The number of nitrogens with two attached hydrogens (primary N) is 1. The molecule has 1 atom stereocenters. The molecule has 1 saturated carbocycles. The van der Waals surface area contributed by atoms with Crippen LogP contribution < -0.4 is 5.73 Å². The molecule has 4 nitrogen and oxygen atoms in total. The maximum Gasteiger partial charge on any atom is 0.240 e. The molecule has 1 amide bonds. The molecule has 1 fully saturated rings. The summed E-state index contributed by atoms with van der Waals surface area (Å²) in [6.45, 7) is 4.32. The van der Waals surface area contributed by atoms with E-state index in [9.17, 15) is 4.79 Å². The van der Waals surface area contributed by atoms with E-state index in [0.29, 0.717) is 19.0 Å². The topological polar surface area (TPSA) is 62.1 Å². The van der Waals surface area contributed by atoms with Crippen LogP contribution in [0.3, 0.4) is 0 Å². The summed E-state index contributed by atoms with van der Waals surface area (Å²) in [4.78, 5) is 17.6. The summed E-state index contributed by atoms with van der Waals surface area (Å²) >= 11 is 0. The van der Waals surface area contributed by atoms with Gasteiger partial charge in [-0.15, -0.1) is 6.58 Å². The second-order valence-corrected chi connectivity index (χ2v) is 5.68. The molecule has 110 valence electrons. The van der Waals surface area contributed by atoms with E-state index in [4.69, 9.17) is 5.73 Å². The lowest BCUT2D eigenvalue weighted by atomic mass is 10.0. The molecule has 1 aromatic heterocycles. The number of amides is 1. The molecule has 1 aliphatic rings. The molecule has 1 heterocycles. The van der Waals surface area contributed by atoms with Crippen molar-refractivity contribution in [3.63, 3.8) is 0 Å². The van der Waals surface area contributed by atoms with Crippen molar-refractivity contribution in [2.75, 3.05) is 6.54 Å². The van der Waals surface area contributed by atoms with Crippen LogP contribution in [0.1, 0.15) is 18.4 Å². The van der Waals surface area contributed by atoms with Gasteiger partial charge in [0, 0.05) is 29.7 Å². The van der Waals surface area contributed by atoms with Crippen LogP contribution in [0.2, 0.25) is 0 Å². The molecular weight excluding hydrogens is 262 g/mol. The third-order valence-electron chi connectivity index (χ3n) is 4.03. The monoisotopic (exact) mass is 283 g/mol. The van der Waals surface area contributed by atoms with E-state index in [0.717, 1.165) is 29.3 Å². The molecule has 3 rings (SSSR count). The van der Waals surface area contributed by atoms with Gasteiger partial charge in [-0.05, 0) is 30.9 Å². The minimum absolute atomic E-state index is 0.0303. The van der Waals surface area contributed by atoms with E-state index in [1.165, 1.54) is 0 Å². The first kappa shape index (κ1) is 13.9. The minimum Gasteiger partial charge on any atom is -0.361 e. The average Bonchev–Trinajstić information content (AvgIpc) is 3.26. The summed E-state index contributed by atoms with van der Waals surface area (Å²) in [7, 11) is 0. The van der Waals surface area contributed by atoms with Gasteiger partial charge in [-0.2, -0.15) is 0 Å². The Balaban J connectivity index is 1.74. The fraction of sp³-hybridized carbons (Fsp3) is 0.353. The Morgan fingerprint density at radius 3 is 2.95 bits per heavy atom. The van der Waals surface area contributed by atoms with Crippen LogP contribution in [0.25, 0.3) is 10.9 Å². The number of fused-ring (bicyclic) bond motifs is 1. The largest absolute Gasteiger partial charge is 0.361 e. The molecule has 0 radical (unpaired) electrons. The van der Waals surface area contributed by atoms with Crippen LogP contribution in [0.5, 0.6) is 0 Å². The number of hydrogen-bond donors (Lipinski definition) is 2. The van der Waals surface area contributed by atoms with E-state index in [1.807, 2.05) is 29.3 Å². The molecule has 0 spiro atoms. The van der Waals surface area contributed by atoms with Crippen molar-refractivity contribution in [3.8, 4) is 0 Å². The van der Waals surface area contributed by atoms with Gasteiger partial charge in [0.2, 0.25) is 5.91 Å². The van der Waals surface area contributed by atoms with Crippen molar-refractivity contribution in [3.05, 3.63) is 48.7 Å². The van der Waals surface area contributed by atoms with Crippen LogP contribution in [-0.2, 0) is 11.2 Å². The number of hydrogen-bond acceptors (Lipinski definition) is 2. The van der Waals surface area contributed by atoms with Crippen molar-refractivity contribution >= 4 is 16.8 Å². The zero-order chi connectivity index (χ0) is 14.8. The minimum atomic E-state index is -0.496. The number of aromatic nitrogens is 1. The second kappa shape index (κ2) is 5.74. The first-order chi connectivity index (χ1) is 10.2. The van der Waals surface area contributed by atoms with E-state index in [2.05, 4.69) is 17.6 Å². The summed E-state index contributed by atoms with van der Waals surface area (Å²) < 4.78 is 0. The van der Waals surface area contributed by atoms with Gasteiger partial charge in [0.25, 0.3) is 0 Å². The Labute approximate surface area is 124 Å². The summed E-state index contributed by atoms with van der Waals surface area (Å²) in [6.07, 6.45) is 6.45. The summed E-state index contributed by atoms with van der Waals surface area (Å²) in [5.74, 6) is 0.0303. The smallest absolute Gasteiger partial charge is 0.240 e. The molecule has 1 aromatic carbocycles. The van der Waals surface area contributed by atoms with Crippen LogP contribution in [0.4, 0.5) is 0 Å². The van der Waals surface area contributed by atoms with Crippen molar-refractivity contribution in [1.29, 1.82) is 0 Å². The number of carbonyl (C=O) groups is 1. The maximum atomic E-state index is 12.5. The Kier molecular flexibility index (Phi) is 3.80. The van der Waals surface area contributed by atoms with E-state index >= 15 is 0 Å². The van der Waals surface area contributed by atoms with E-state index in [-0.39, 0.29) is 5.91 Å². The van der Waals surface area contributed by atoms with Gasteiger partial charge < -0.3 is 15.6 Å². The number of benzene rings is 1. The molecule has 1 aliphatic carbocycles. The molecule has 21 heavy (non-hydrogen) atoms. The number of nitrogens with zero attached hydrogens (tertiary/aromatic N) is 1. The van der Waals surface area contributed by atoms with E-state index < -0.39 is 6.04 Å². The first-order valence-electron chi connectivity index (χ1n) is 7.42. The Morgan fingerprint density at radius 1 is 1.48 bits per heavy atom. The lowest BCUT2D eigenvalue weighted by Crippen LogP contribution is -2.46. The fourth-order valence-electron chi connectivity index (χ4n) is 2.78. The molecule has 2 aromatic rings. The number of H-pyrrole nitrogens is 1. The summed E-state index contributed by atoms with van der Waals surface area (Å²) in [6, 6.07) is 7.95.